The predicted octanol–water partition coefficient (Wildman–Crippen LogP) is 2.55. The molecule has 0 saturated carbocycles. The van der Waals surface area contributed by atoms with Gasteiger partial charge in [-0.3, -0.25) is 0 Å². The lowest BCUT2D eigenvalue weighted by Crippen LogP contribution is -2.18. The molecule has 0 bridgehead atoms. The third-order valence-electron chi connectivity index (χ3n) is 1.98. The smallest absolute Gasteiger partial charge is 0.395 e. The minimum Gasteiger partial charge on any atom is -0.395 e. The van der Waals surface area contributed by atoms with Gasteiger partial charge in [0.2, 0.25) is 0 Å². The first-order valence-corrected chi connectivity index (χ1v) is 5.41. The minimum atomic E-state index is -4.33. The third-order valence-corrected chi connectivity index (χ3v) is 2.75. The Morgan fingerprint density at radius 3 is 2.56 bits per heavy atom. The number of halogens is 4. The van der Waals surface area contributed by atoms with Gasteiger partial charge in [-0.1, -0.05) is 15.9 Å². The average Bonchev–Trinajstić information content (AvgIpc) is 2.19. The fourth-order valence-electron chi connectivity index (χ4n) is 1.19. The van der Waals surface area contributed by atoms with Crippen LogP contribution in [0.2, 0.25) is 0 Å². The van der Waals surface area contributed by atoms with Gasteiger partial charge in [0.1, 0.15) is 0 Å². The highest BCUT2D eigenvalue weighted by Gasteiger charge is 2.30. The summed E-state index contributed by atoms with van der Waals surface area (Å²) >= 11 is 3.18. The second kappa shape index (κ2) is 5.65. The van der Waals surface area contributed by atoms with Crippen LogP contribution in [0.15, 0.2) is 22.7 Å². The van der Waals surface area contributed by atoms with Crippen LogP contribution in [0.1, 0.15) is 11.1 Å². The van der Waals surface area contributed by atoms with Crippen molar-refractivity contribution >= 4 is 15.9 Å². The molecule has 0 aliphatic rings. The Balaban J connectivity index is 2.83. The van der Waals surface area contributed by atoms with Crippen LogP contribution in [0, 0.1) is 0 Å². The molecular weight excluding hydrogens is 287 g/mol. The van der Waals surface area contributed by atoms with Crippen molar-refractivity contribution in [2.45, 2.75) is 12.7 Å². The Morgan fingerprint density at radius 2 is 2.00 bits per heavy atom. The summed E-state index contributed by atoms with van der Waals surface area (Å²) in [6.07, 6.45) is -4.33. The van der Waals surface area contributed by atoms with Crippen molar-refractivity contribution in [3.05, 3.63) is 33.8 Å². The SMILES string of the molecule is OCCNCc1cc(C(F)(F)F)ccc1Br. The predicted molar refractivity (Wildman–Crippen MR) is 57.9 cm³/mol. The van der Waals surface area contributed by atoms with E-state index in [1.165, 1.54) is 6.07 Å². The molecule has 90 valence electrons. The van der Waals surface area contributed by atoms with Gasteiger partial charge in [-0.25, -0.2) is 0 Å². The lowest BCUT2D eigenvalue weighted by molar-refractivity contribution is -0.137. The minimum absolute atomic E-state index is 0.0451. The topological polar surface area (TPSA) is 32.3 Å². The van der Waals surface area contributed by atoms with Crippen LogP contribution in [0.25, 0.3) is 0 Å². The van der Waals surface area contributed by atoms with E-state index in [0.717, 1.165) is 12.1 Å². The van der Waals surface area contributed by atoms with Crippen LogP contribution >= 0.6 is 15.9 Å². The van der Waals surface area contributed by atoms with Gasteiger partial charge < -0.3 is 10.4 Å². The number of hydrogen-bond donors (Lipinski definition) is 2. The summed E-state index contributed by atoms with van der Waals surface area (Å²) in [5, 5.41) is 11.4. The van der Waals surface area contributed by atoms with Crippen molar-refractivity contribution in [3.8, 4) is 0 Å². The molecule has 0 spiro atoms. The van der Waals surface area contributed by atoms with E-state index in [4.69, 9.17) is 5.11 Å². The van der Waals surface area contributed by atoms with Crippen LogP contribution in [-0.2, 0) is 12.7 Å². The number of nitrogens with one attached hydrogen (secondary N) is 1. The summed E-state index contributed by atoms with van der Waals surface area (Å²) in [6, 6.07) is 3.49. The van der Waals surface area contributed by atoms with Gasteiger partial charge in [0, 0.05) is 17.6 Å². The van der Waals surface area contributed by atoms with Gasteiger partial charge in [-0.15, -0.1) is 0 Å². The summed E-state index contributed by atoms with van der Waals surface area (Å²) in [5.41, 5.74) is -0.153. The number of alkyl halides is 3. The maximum Gasteiger partial charge on any atom is 0.416 e. The number of aliphatic hydroxyl groups is 1. The summed E-state index contributed by atoms with van der Waals surface area (Å²) in [6.45, 7) is 0.588. The molecule has 2 nitrogen and oxygen atoms in total. The van der Waals surface area contributed by atoms with Gasteiger partial charge in [0.25, 0.3) is 0 Å². The van der Waals surface area contributed by atoms with Crippen molar-refractivity contribution in [1.29, 1.82) is 0 Å². The molecule has 0 atom stereocenters. The number of benzene rings is 1. The van der Waals surface area contributed by atoms with E-state index in [-0.39, 0.29) is 13.2 Å². The van der Waals surface area contributed by atoms with Crippen LogP contribution in [0.3, 0.4) is 0 Å². The Hall–Kier alpha value is -0.590. The fraction of sp³-hybridized carbons (Fsp3) is 0.400. The van der Waals surface area contributed by atoms with E-state index in [2.05, 4.69) is 21.2 Å². The zero-order chi connectivity index (χ0) is 12.2. The first-order valence-electron chi connectivity index (χ1n) is 4.62. The lowest BCUT2D eigenvalue weighted by Gasteiger charge is -2.11. The van der Waals surface area contributed by atoms with Crippen LogP contribution in [0.4, 0.5) is 13.2 Å². The van der Waals surface area contributed by atoms with E-state index < -0.39 is 11.7 Å². The number of aliphatic hydroxyl groups excluding tert-OH is 1. The summed E-state index contributed by atoms with van der Waals surface area (Å²) in [7, 11) is 0. The molecule has 0 unspecified atom stereocenters. The Kier molecular flexibility index (Phi) is 4.76. The van der Waals surface area contributed by atoms with Crippen molar-refractivity contribution < 1.29 is 18.3 Å². The van der Waals surface area contributed by atoms with E-state index in [9.17, 15) is 13.2 Å². The second-order valence-corrected chi connectivity index (χ2v) is 4.06. The quantitative estimate of drug-likeness (QED) is 0.837. The van der Waals surface area contributed by atoms with Crippen LogP contribution in [-0.4, -0.2) is 18.3 Å². The maximum absolute atomic E-state index is 12.4. The highest BCUT2D eigenvalue weighted by molar-refractivity contribution is 9.10. The summed E-state index contributed by atoms with van der Waals surface area (Å²) < 4.78 is 37.9. The summed E-state index contributed by atoms with van der Waals surface area (Å²) in [5.74, 6) is 0. The Labute approximate surface area is 99.6 Å². The van der Waals surface area contributed by atoms with E-state index in [0.29, 0.717) is 16.6 Å². The van der Waals surface area contributed by atoms with Crippen LogP contribution in [0.5, 0.6) is 0 Å². The van der Waals surface area contributed by atoms with Gasteiger partial charge in [-0.05, 0) is 23.8 Å². The van der Waals surface area contributed by atoms with Gasteiger partial charge >= 0.3 is 6.18 Å². The monoisotopic (exact) mass is 297 g/mol. The van der Waals surface area contributed by atoms with Crippen molar-refractivity contribution in [2.75, 3.05) is 13.2 Å². The molecule has 0 amide bonds. The molecule has 1 aromatic rings. The zero-order valence-corrected chi connectivity index (χ0v) is 9.90. The van der Waals surface area contributed by atoms with E-state index >= 15 is 0 Å². The lowest BCUT2D eigenvalue weighted by atomic mass is 10.1. The maximum atomic E-state index is 12.4. The molecule has 0 aliphatic heterocycles. The first kappa shape index (κ1) is 13.5. The Morgan fingerprint density at radius 1 is 1.31 bits per heavy atom. The molecule has 0 aliphatic carbocycles. The molecule has 0 aromatic heterocycles. The molecule has 1 aromatic carbocycles. The molecule has 16 heavy (non-hydrogen) atoms. The number of rotatable bonds is 4. The van der Waals surface area contributed by atoms with Crippen LogP contribution < -0.4 is 5.32 Å². The normalized spacial score (nSPS) is 11.8. The molecular formula is C10H11BrF3NO. The van der Waals surface area contributed by atoms with Crippen molar-refractivity contribution in [1.82, 2.24) is 5.32 Å². The number of hydrogen-bond acceptors (Lipinski definition) is 2. The molecule has 0 saturated heterocycles. The zero-order valence-electron chi connectivity index (χ0n) is 8.31. The fourth-order valence-corrected chi connectivity index (χ4v) is 1.58. The van der Waals surface area contributed by atoms with Gasteiger partial charge in [0.15, 0.2) is 0 Å². The molecule has 2 N–H and O–H groups in total. The third kappa shape index (κ3) is 3.77. The van der Waals surface area contributed by atoms with Gasteiger partial charge in [-0.2, -0.15) is 13.2 Å². The molecule has 6 heteroatoms. The molecule has 0 fully saturated rings. The Bertz CT molecular complexity index is 354. The van der Waals surface area contributed by atoms with Crippen molar-refractivity contribution in [2.24, 2.45) is 0 Å². The van der Waals surface area contributed by atoms with E-state index in [1.54, 1.807) is 0 Å². The molecule has 0 radical (unpaired) electrons. The highest BCUT2D eigenvalue weighted by atomic mass is 79.9. The van der Waals surface area contributed by atoms with Gasteiger partial charge in [0.05, 0.1) is 12.2 Å². The molecule has 0 heterocycles. The van der Waals surface area contributed by atoms with Crippen molar-refractivity contribution in [3.63, 3.8) is 0 Å². The largest absolute Gasteiger partial charge is 0.416 e. The summed E-state index contributed by atoms with van der Waals surface area (Å²) in [4.78, 5) is 0. The average molecular weight is 298 g/mol. The molecule has 1 rings (SSSR count). The first-order chi connectivity index (χ1) is 7.45. The second-order valence-electron chi connectivity index (χ2n) is 3.20. The van der Waals surface area contributed by atoms with E-state index in [1.807, 2.05) is 0 Å². The standard InChI is InChI=1S/C10H11BrF3NO/c11-9-2-1-8(10(12,13)14)5-7(9)6-15-3-4-16/h1-2,5,15-16H,3-4,6H2. The highest BCUT2D eigenvalue weighted by Crippen LogP contribution is 2.31.